The summed E-state index contributed by atoms with van der Waals surface area (Å²) >= 11 is 0. The zero-order valence-corrected chi connectivity index (χ0v) is 24.3. The molecule has 0 aliphatic carbocycles. The molecule has 0 saturated carbocycles. The predicted octanol–water partition coefficient (Wildman–Crippen LogP) is 4.70. The Morgan fingerprint density at radius 3 is 1.50 bits per heavy atom. The summed E-state index contributed by atoms with van der Waals surface area (Å²) in [6.07, 6.45) is 5.97. The molecule has 0 amide bonds. The van der Waals surface area contributed by atoms with Gasteiger partial charge in [-0.2, -0.15) is 0 Å². The number of benzene rings is 2. The average Bonchev–Trinajstić information content (AvgIpc) is 3.26. The molecule has 2 N–H and O–H groups in total. The van der Waals surface area contributed by atoms with E-state index in [1.54, 1.807) is 0 Å². The Hall–Kier alpha value is -1.84. The van der Waals surface area contributed by atoms with Crippen molar-refractivity contribution in [2.75, 3.05) is 14.2 Å². The molecule has 5 aliphatic heterocycles. The fourth-order valence-electron chi connectivity index (χ4n) is 8.94. The van der Waals surface area contributed by atoms with E-state index in [0.29, 0.717) is 11.8 Å². The van der Waals surface area contributed by atoms with Crippen LogP contribution in [0.1, 0.15) is 75.3 Å². The van der Waals surface area contributed by atoms with Crippen LogP contribution in [0.2, 0.25) is 0 Å². The number of hydrogen-bond acceptors (Lipinski definition) is 7. The van der Waals surface area contributed by atoms with E-state index in [-0.39, 0.29) is 42.8 Å². The molecule has 1 unspecified atom stereocenters. The van der Waals surface area contributed by atoms with Crippen molar-refractivity contribution in [2.45, 2.75) is 118 Å². The van der Waals surface area contributed by atoms with E-state index in [1.807, 2.05) is 14.2 Å². The maximum Gasteiger partial charge on any atom is 0.123 e. The monoisotopic (exact) mass is 547 g/mol. The molecule has 0 bridgehead atoms. The molecule has 2 aromatic carbocycles. The fourth-order valence-corrected chi connectivity index (χ4v) is 8.94. The quantitative estimate of drug-likeness (QED) is 0.576. The third-order valence-corrected chi connectivity index (χ3v) is 10.7. The minimum atomic E-state index is -0.418. The molecule has 5 fully saturated rings. The van der Waals surface area contributed by atoms with Gasteiger partial charge in [-0.25, -0.2) is 0 Å². The summed E-state index contributed by atoms with van der Waals surface area (Å²) in [5.74, 6) is 0.798. The summed E-state index contributed by atoms with van der Waals surface area (Å²) in [7, 11) is 3.67. The summed E-state index contributed by atoms with van der Waals surface area (Å²) in [5, 5.41) is 7.99. The van der Waals surface area contributed by atoms with Gasteiger partial charge < -0.3 is 18.9 Å². The SMILES string of the molecule is CO[C@@H]1[C@@H](OC)[C@@H]2C[C@]3(CC[C@H](c4ccccc4)[C@@H](C)O3)NC3N[C@@]4(CC[C@H](c5ccccc5)[C@@H](C)O4)C[C@H]1N32. The van der Waals surface area contributed by atoms with E-state index in [0.717, 1.165) is 38.5 Å². The molecule has 7 rings (SSSR count). The summed E-state index contributed by atoms with van der Waals surface area (Å²) in [5.41, 5.74) is 1.90. The maximum atomic E-state index is 7.00. The lowest BCUT2D eigenvalue weighted by atomic mass is 9.80. The predicted molar refractivity (Wildman–Crippen MR) is 154 cm³/mol. The van der Waals surface area contributed by atoms with Crippen molar-refractivity contribution in [3.8, 4) is 0 Å². The third kappa shape index (κ3) is 4.46. The largest absolute Gasteiger partial charge is 0.377 e. The van der Waals surface area contributed by atoms with Gasteiger partial charge in [-0.05, 0) is 50.7 Å². The van der Waals surface area contributed by atoms with Crippen LogP contribution in [-0.4, -0.2) is 73.4 Å². The Balaban J connectivity index is 1.16. The number of rotatable bonds is 4. The summed E-state index contributed by atoms with van der Waals surface area (Å²) in [6, 6.07) is 22.1. The molecule has 2 spiro atoms. The lowest BCUT2D eigenvalue weighted by molar-refractivity contribution is -0.248. The first-order chi connectivity index (χ1) is 19.4. The minimum Gasteiger partial charge on any atom is -0.377 e. The highest BCUT2D eigenvalue weighted by Crippen LogP contribution is 2.50. The van der Waals surface area contributed by atoms with Gasteiger partial charge in [-0.3, -0.25) is 15.5 Å². The topological polar surface area (TPSA) is 64.2 Å². The molecule has 7 nitrogen and oxygen atoms in total. The number of hydrogen-bond donors (Lipinski definition) is 2. The second-order valence-corrected chi connectivity index (χ2v) is 12.8. The molecule has 5 heterocycles. The van der Waals surface area contributed by atoms with E-state index >= 15 is 0 Å². The molecule has 0 aromatic heterocycles. The zero-order chi connectivity index (χ0) is 27.5. The third-order valence-electron chi connectivity index (χ3n) is 10.7. The van der Waals surface area contributed by atoms with Gasteiger partial charge in [-0.1, -0.05) is 60.7 Å². The van der Waals surface area contributed by atoms with Crippen molar-refractivity contribution in [3.05, 3.63) is 71.8 Å². The fraction of sp³-hybridized carbons (Fsp3) is 0.636. The maximum absolute atomic E-state index is 7.00. The van der Waals surface area contributed by atoms with Gasteiger partial charge in [0, 0.05) is 51.0 Å². The molecule has 2 aromatic rings. The minimum absolute atomic E-state index is 0.0164. The molecule has 40 heavy (non-hydrogen) atoms. The molecule has 11 atom stereocenters. The van der Waals surface area contributed by atoms with E-state index in [1.165, 1.54) is 11.1 Å². The molecule has 7 heteroatoms. The smallest absolute Gasteiger partial charge is 0.123 e. The summed E-state index contributed by atoms with van der Waals surface area (Å²) in [4.78, 5) is 2.58. The van der Waals surface area contributed by atoms with E-state index < -0.39 is 11.4 Å². The number of ether oxygens (including phenoxy) is 4. The highest BCUT2D eigenvalue weighted by molar-refractivity contribution is 5.24. The van der Waals surface area contributed by atoms with Crippen molar-refractivity contribution in [1.29, 1.82) is 0 Å². The van der Waals surface area contributed by atoms with Crippen LogP contribution in [0.15, 0.2) is 60.7 Å². The lowest BCUT2D eigenvalue weighted by Crippen LogP contribution is -2.79. The van der Waals surface area contributed by atoms with Crippen molar-refractivity contribution in [2.24, 2.45) is 0 Å². The number of nitrogens with one attached hydrogen (secondary N) is 2. The van der Waals surface area contributed by atoms with E-state index in [9.17, 15) is 0 Å². The van der Waals surface area contributed by atoms with Crippen LogP contribution < -0.4 is 10.6 Å². The molecule has 5 aliphatic rings. The van der Waals surface area contributed by atoms with Crippen LogP contribution >= 0.6 is 0 Å². The van der Waals surface area contributed by atoms with Crippen LogP contribution in [0.3, 0.4) is 0 Å². The summed E-state index contributed by atoms with van der Waals surface area (Å²) < 4.78 is 26.4. The molecular weight excluding hydrogens is 502 g/mol. The van der Waals surface area contributed by atoms with Gasteiger partial charge in [0.05, 0.1) is 12.2 Å². The van der Waals surface area contributed by atoms with Gasteiger partial charge in [0.1, 0.15) is 29.9 Å². The lowest BCUT2D eigenvalue weighted by Gasteiger charge is -2.60. The van der Waals surface area contributed by atoms with Crippen LogP contribution in [0.25, 0.3) is 0 Å². The Morgan fingerprint density at radius 1 is 0.700 bits per heavy atom. The van der Waals surface area contributed by atoms with Crippen molar-refractivity contribution in [3.63, 3.8) is 0 Å². The van der Waals surface area contributed by atoms with Gasteiger partial charge in [-0.15, -0.1) is 0 Å². The van der Waals surface area contributed by atoms with E-state index in [4.69, 9.17) is 18.9 Å². The Kier molecular flexibility index (Phi) is 7.07. The van der Waals surface area contributed by atoms with Gasteiger partial charge in [0.2, 0.25) is 0 Å². The highest BCUT2D eigenvalue weighted by Gasteiger charge is 2.64. The normalized spacial score (nSPS) is 45.0. The Labute approximate surface area is 238 Å². The van der Waals surface area contributed by atoms with Crippen LogP contribution in [0, 0.1) is 0 Å². The Bertz CT molecular complexity index is 1080. The summed E-state index contributed by atoms with van der Waals surface area (Å²) in [6.45, 7) is 4.47. The standard InChI is InChI=1S/C33H45N3O4/c1-21-25(23-11-7-5-8-12-23)15-17-32(39-21)19-27-29(37-3)30(38-4)28-20-33(35-31(34-32)36(27)28)18-16-26(22(2)40-33)24-13-9-6-10-14-24/h5-14,21-22,25-31,34-35H,15-20H2,1-4H3/t21-,22-,25+,26+,27-,28+,29+,30+,31?,32-,33-/m1/s1. The molecular formula is C33H45N3O4. The highest BCUT2D eigenvalue weighted by atomic mass is 16.5. The Morgan fingerprint density at radius 2 is 1.12 bits per heavy atom. The number of methoxy groups -OCH3 is 2. The van der Waals surface area contributed by atoms with Crippen molar-refractivity contribution >= 4 is 0 Å². The first kappa shape index (κ1) is 27.0. The van der Waals surface area contributed by atoms with Crippen LogP contribution in [0.5, 0.6) is 0 Å². The van der Waals surface area contributed by atoms with Crippen LogP contribution in [-0.2, 0) is 18.9 Å². The van der Waals surface area contributed by atoms with Crippen molar-refractivity contribution < 1.29 is 18.9 Å². The van der Waals surface area contributed by atoms with E-state index in [2.05, 4.69) is 90.0 Å². The zero-order valence-electron chi connectivity index (χ0n) is 24.3. The molecule has 0 radical (unpaired) electrons. The second-order valence-electron chi connectivity index (χ2n) is 12.8. The van der Waals surface area contributed by atoms with Gasteiger partial charge >= 0.3 is 0 Å². The molecule has 216 valence electrons. The van der Waals surface area contributed by atoms with Crippen LogP contribution in [0.4, 0.5) is 0 Å². The first-order valence-corrected chi connectivity index (χ1v) is 15.3. The number of nitrogens with zero attached hydrogens (tertiary/aromatic N) is 1. The van der Waals surface area contributed by atoms with Gasteiger partial charge in [0.25, 0.3) is 0 Å². The van der Waals surface area contributed by atoms with Crippen molar-refractivity contribution in [1.82, 2.24) is 15.5 Å². The molecule has 5 saturated heterocycles. The average molecular weight is 548 g/mol. The first-order valence-electron chi connectivity index (χ1n) is 15.3. The van der Waals surface area contributed by atoms with Gasteiger partial charge in [0.15, 0.2) is 0 Å². The second kappa shape index (κ2) is 10.5.